The molecule has 1 heterocycles. The Balaban J connectivity index is 2.79. The number of hydrogen-bond donors (Lipinski definition) is 1. The number of hydrogen-bond acceptors (Lipinski definition) is 3. The lowest BCUT2D eigenvalue weighted by atomic mass is 10.2. The molecule has 0 saturated carbocycles. The van der Waals surface area contributed by atoms with E-state index in [9.17, 15) is 9.59 Å². The van der Waals surface area contributed by atoms with Crippen LogP contribution < -0.4 is 0 Å². The van der Waals surface area contributed by atoms with Crippen molar-refractivity contribution in [2.24, 2.45) is 0 Å². The van der Waals surface area contributed by atoms with Crippen molar-refractivity contribution in [3.8, 4) is 0 Å². The van der Waals surface area contributed by atoms with Gasteiger partial charge in [0.25, 0.3) is 5.91 Å². The highest BCUT2D eigenvalue weighted by Crippen LogP contribution is 2.09. The molecule has 1 aliphatic rings. The Kier molecular flexibility index (Phi) is 1.82. The molecule has 0 aromatic rings. The maximum absolute atomic E-state index is 11.0. The lowest BCUT2D eigenvalue weighted by molar-refractivity contribution is -0.137. The minimum Gasteiger partial charge on any atom is -0.381 e. The highest BCUT2D eigenvalue weighted by atomic mass is 16.3. The molecule has 0 aliphatic carbocycles. The Bertz CT molecular complexity index is 184. The van der Waals surface area contributed by atoms with Gasteiger partial charge in [-0.1, -0.05) is 0 Å². The molecule has 0 aromatic carbocycles. The van der Waals surface area contributed by atoms with Crippen molar-refractivity contribution >= 4 is 11.9 Å². The molecule has 1 atom stereocenters. The third-order valence-corrected chi connectivity index (χ3v) is 1.54. The van der Waals surface area contributed by atoms with Crippen molar-refractivity contribution in [2.75, 3.05) is 14.1 Å². The van der Waals surface area contributed by atoms with Crippen molar-refractivity contribution in [1.82, 2.24) is 9.80 Å². The molecule has 1 fully saturated rings. The maximum atomic E-state index is 11.0. The first-order valence-electron chi connectivity index (χ1n) is 3.11. The normalized spacial score (nSPS) is 26.3. The number of likely N-dealkylation sites (N-methyl/N-ethyl adjacent to an activating group) is 2. The van der Waals surface area contributed by atoms with Crippen LogP contribution in [0.1, 0.15) is 0 Å². The van der Waals surface area contributed by atoms with Crippen molar-refractivity contribution in [2.45, 2.75) is 6.10 Å². The third kappa shape index (κ3) is 1.19. The third-order valence-electron chi connectivity index (χ3n) is 1.54. The molecular weight excluding hydrogens is 148 g/mol. The number of imide groups is 1. The van der Waals surface area contributed by atoms with E-state index < -0.39 is 18.0 Å². The monoisotopic (exact) mass is 157 g/mol. The first-order valence-corrected chi connectivity index (χ1v) is 3.11. The Labute approximate surface area is 64.2 Å². The van der Waals surface area contributed by atoms with Crippen molar-refractivity contribution in [3.05, 3.63) is 6.54 Å². The summed E-state index contributed by atoms with van der Waals surface area (Å²) in [6, 6.07) is -0.430. The van der Waals surface area contributed by atoms with Crippen LogP contribution in [-0.4, -0.2) is 47.0 Å². The molecule has 1 saturated heterocycles. The van der Waals surface area contributed by atoms with Gasteiger partial charge < -0.3 is 10.0 Å². The predicted octanol–water partition coefficient (Wildman–Crippen LogP) is -0.967. The second kappa shape index (κ2) is 2.50. The zero-order chi connectivity index (χ0) is 8.59. The molecule has 1 unspecified atom stereocenters. The summed E-state index contributed by atoms with van der Waals surface area (Å²) < 4.78 is 0. The minimum atomic E-state index is -1.19. The standard InChI is InChI=1S/C6H9N2O3/c1-7-3-4(9)5(10)8(2)6(7)11/h3-4,9H,1-2H3. The van der Waals surface area contributed by atoms with Gasteiger partial charge in [0.2, 0.25) is 0 Å². The highest BCUT2D eigenvalue weighted by molar-refractivity contribution is 5.99. The van der Waals surface area contributed by atoms with Crippen LogP contribution in [0.5, 0.6) is 0 Å². The van der Waals surface area contributed by atoms with Crippen LogP contribution in [0, 0.1) is 6.54 Å². The molecule has 0 spiro atoms. The fourth-order valence-electron chi connectivity index (χ4n) is 0.869. The van der Waals surface area contributed by atoms with Gasteiger partial charge >= 0.3 is 6.03 Å². The molecule has 5 nitrogen and oxygen atoms in total. The summed E-state index contributed by atoms with van der Waals surface area (Å²) >= 11 is 0. The second-order valence-electron chi connectivity index (χ2n) is 2.38. The average Bonchev–Trinajstić information content (AvgIpc) is 1.97. The summed E-state index contributed by atoms with van der Waals surface area (Å²) in [5, 5.41) is 9.00. The van der Waals surface area contributed by atoms with Gasteiger partial charge in [0.05, 0.1) is 6.54 Å². The highest BCUT2D eigenvalue weighted by Gasteiger charge is 2.33. The maximum Gasteiger partial charge on any atom is 0.326 e. The van der Waals surface area contributed by atoms with Crippen LogP contribution in [0.4, 0.5) is 4.79 Å². The van der Waals surface area contributed by atoms with E-state index >= 15 is 0 Å². The van der Waals surface area contributed by atoms with Gasteiger partial charge in [0, 0.05) is 14.1 Å². The van der Waals surface area contributed by atoms with Gasteiger partial charge in [-0.3, -0.25) is 9.69 Å². The van der Waals surface area contributed by atoms with Gasteiger partial charge in [0.15, 0.2) is 6.10 Å². The van der Waals surface area contributed by atoms with Gasteiger partial charge in [-0.2, -0.15) is 0 Å². The van der Waals surface area contributed by atoms with E-state index in [1.54, 1.807) is 0 Å². The number of amides is 3. The number of rotatable bonds is 0. The molecular formula is C6H9N2O3. The fourth-order valence-corrected chi connectivity index (χ4v) is 0.869. The van der Waals surface area contributed by atoms with E-state index in [4.69, 9.17) is 5.11 Å². The molecule has 0 aromatic heterocycles. The number of urea groups is 1. The summed E-state index contributed by atoms with van der Waals surface area (Å²) in [7, 11) is 2.81. The van der Waals surface area contributed by atoms with E-state index in [2.05, 4.69) is 0 Å². The number of carbonyl (C=O) groups excluding carboxylic acids is 2. The number of nitrogens with zero attached hydrogens (tertiary/aromatic N) is 2. The van der Waals surface area contributed by atoms with E-state index in [1.807, 2.05) is 0 Å². The second-order valence-corrected chi connectivity index (χ2v) is 2.38. The topological polar surface area (TPSA) is 60.9 Å². The molecule has 1 aliphatic heterocycles. The summed E-state index contributed by atoms with van der Waals surface area (Å²) in [5.41, 5.74) is 0. The summed E-state index contributed by atoms with van der Waals surface area (Å²) in [4.78, 5) is 23.9. The Morgan fingerprint density at radius 3 is 2.55 bits per heavy atom. The molecule has 1 rings (SSSR count). The van der Waals surface area contributed by atoms with Crippen molar-refractivity contribution in [3.63, 3.8) is 0 Å². The Hall–Kier alpha value is -1.10. The quantitative estimate of drug-likeness (QED) is 0.492. The summed E-state index contributed by atoms with van der Waals surface area (Å²) in [6.45, 7) is 1.17. The number of carbonyl (C=O) groups is 2. The largest absolute Gasteiger partial charge is 0.381 e. The predicted molar refractivity (Wildman–Crippen MR) is 36.2 cm³/mol. The van der Waals surface area contributed by atoms with Gasteiger partial charge in [0.1, 0.15) is 0 Å². The first kappa shape index (κ1) is 8.00. The molecule has 61 valence electrons. The van der Waals surface area contributed by atoms with Crippen LogP contribution in [0.25, 0.3) is 0 Å². The average molecular weight is 157 g/mol. The zero-order valence-corrected chi connectivity index (χ0v) is 6.31. The summed E-state index contributed by atoms with van der Waals surface area (Å²) in [5.74, 6) is -0.590. The van der Waals surface area contributed by atoms with Gasteiger partial charge in [-0.15, -0.1) is 0 Å². The molecule has 3 amide bonds. The lowest BCUT2D eigenvalue weighted by Crippen LogP contribution is -2.53. The van der Waals surface area contributed by atoms with Crippen molar-refractivity contribution < 1.29 is 14.7 Å². The van der Waals surface area contributed by atoms with E-state index in [1.165, 1.54) is 25.5 Å². The first-order chi connectivity index (χ1) is 5.04. The van der Waals surface area contributed by atoms with E-state index in [0.717, 1.165) is 4.90 Å². The van der Waals surface area contributed by atoms with Gasteiger partial charge in [-0.25, -0.2) is 4.79 Å². The van der Waals surface area contributed by atoms with Crippen LogP contribution in [-0.2, 0) is 4.79 Å². The Morgan fingerprint density at radius 1 is 1.45 bits per heavy atom. The molecule has 11 heavy (non-hydrogen) atoms. The zero-order valence-electron chi connectivity index (χ0n) is 6.31. The molecule has 5 heteroatoms. The fraction of sp³-hybridized carbons (Fsp3) is 0.500. The van der Waals surface area contributed by atoms with E-state index in [0.29, 0.717) is 0 Å². The number of aliphatic hydroxyl groups is 1. The summed E-state index contributed by atoms with van der Waals surface area (Å²) in [6.07, 6.45) is -1.19. The Morgan fingerprint density at radius 2 is 2.00 bits per heavy atom. The van der Waals surface area contributed by atoms with Crippen LogP contribution in [0.2, 0.25) is 0 Å². The molecule has 0 bridgehead atoms. The van der Waals surface area contributed by atoms with Crippen LogP contribution in [0.3, 0.4) is 0 Å². The smallest absolute Gasteiger partial charge is 0.326 e. The minimum absolute atomic E-state index is 0.430. The van der Waals surface area contributed by atoms with Gasteiger partial charge in [-0.05, 0) is 0 Å². The molecule has 1 radical (unpaired) electrons. The van der Waals surface area contributed by atoms with Crippen molar-refractivity contribution in [1.29, 1.82) is 0 Å². The van der Waals surface area contributed by atoms with Crippen LogP contribution >= 0.6 is 0 Å². The van der Waals surface area contributed by atoms with E-state index in [-0.39, 0.29) is 0 Å². The SMILES string of the molecule is CN1[CH]C(O)C(=O)N(C)C1=O. The lowest BCUT2D eigenvalue weighted by Gasteiger charge is -2.31. The van der Waals surface area contributed by atoms with Crippen LogP contribution in [0.15, 0.2) is 0 Å². The number of aliphatic hydroxyl groups excluding tert-OH is 1. The molecule has 1 N–H and O–H groups in total.